The fraction of sp³-hybridized carbons (Fsp3) is 0.133. The molecule has 1 aliphatic rings. The van der Waals surface area contributed by atoms with Crippen LogP contribution >= 0.6 is 22.7 Å². The molecule has 1 aliphatic heterocycles. The third-order valence-electron chi connectivity index (χ3n) is 6.61. The SMILES string of the molecule is COC(=O)C1=C(C)N=c2s/c(=C\c3cn(-c4ccccc4)nc3-c3ccc(C)cc3)c(=O)n2C1c1cccs1. The summed E-state index contributed by atoms with van der Waals surface area (Å²) in [5.74, 6) is -0.491. The number of thiazole rings is 1. The molecular formula is C30H24N4O3S2. The fourth-order valence-corrected chi connectivity index (χ4v) is 6.55. The normalized spacial score (nSPS) is 15.3. The van der Waals surface area contributed by atoms with Crippen LogP contribution < -0.4 is 14.9 Å². The minimum atomic E-state index is -0.598. The van der Waals surface area contributed by atoms with Crippen LogP contribution in [0.2, 0.25) is 0 Å². The highest BCUT2D eigenvalue weighted by atomic mass is 32.1. The van der Waals surface area contributed by atoms with Gasteiger partial charge in [0.25, 0.3) is 5.56 Å². The summed E-state index contributed by atoms with van der Waals surface area (Å²) in [6.07, 6.45) is 3.80. The molecule has 4 heterocycles. The Balaban J connectivity index is 1.56. The van der Waals surface area contributed by atoms with Gasteiger partial charge in [-0.15, -0.1) is 11.3 Å². The van der Waals surface area contributed by atoms with Gasteiger partial charge in [0.15, 0.2) is 4.80 Å². The van der Waals surface area contributed by atoms with Gasteiger partial charge in [0, 0.05) is 22.2 Å². The van der Waals surface area contributed by atoms with E-state index in [2.05, 4.69) is 4.99 Å². The number of aryl methyl sites for hydroxylation is 1. The number of para-hydroxylation sites is 1. The third-order valence-corrected chi connectivity index (χ3v) is 8.52. The van der Waals surface area contributed by atoms with Gasteiger partial charge in [-0.3, -0.25) is 9.36 Å². The smallest absolute Gasteiger partial charge is 0.338 e. The number of hydrogen-bond acceptors (Lipinski definition) is 7. The Bertz CT molecular complexity index is 1900. The largest absolute Gasteiger partial charge is 0.466 e. The van der Waals surface area contributed by atoms with Crippen LogP contribution in [0.1, 0.15) is 29.0 Å². The molecular weight excluding hydrogens is 528 g/mol. The van der Waals surface area contributed by atoms with E-state index >= 15 is 0 Å². The van der Waals surface area contributed by atoms with E-state index in [9.17, 15) is 9.59 Å². The van der Waals surface area contributed by atoms with Gasteiger partial charge in [0.2, 0.25) is 0 Å². The average molecular weight is 553 g/mol. The second-order valence-electron chi connectivity index (χ2n) is 9.17. The first-order valence-electron chi connectivity index (χ1n) is 12.3. The van der Waals surface area contributed by atoms with Gasteiger partial charge >= 0.3 is 5.97 Å². The third kappa shape index (κ3) is 4.49. The lowest BCUT2D eigenvalue weighted by atomic mass is 10.0. The predicted molar refractivity (Wildman–Crippen MR) is 154 cm³/mol. The van der Waals surface area contributed by atoms with E-state index in [-0.39, 0.29) is 5.56 Å². The number of rotatable bonds is 5. The summed E-state index contributed by atoms with van der Waals surface area (Å²) in [6, 6.07) is 21.3. The molecule has 0 amide bonds. The highest BCUT2D eigenvalue weighted by molar-refractivity contribution is 7.10. The number of esters is 1. The zero-order valence-electron chi connectivity index (χ0n) is 21.5. The molecule has 0 aliphatic carbocycles. The lowest BCUT2D eigenvalue weighted by molar-refractivity contribution is -0.136. The number of allylic oxidation sites excluding steroid dienone is 1. The number of aromatic nitrogens is 3. The molecule has 5 aromatic rings. The molecule has 0 saturated heterocycles. The van der Waals surface area contributed by atoms with Gasteiger partial charge in [-0.05, 0) is 43.5 Å². The standard InChI is InChI=1S/C30H24N4O3S2/c1-18-11-13-20(14-12-18)26-21(17-33(32-26)22-8-5-4-6-9-22)16-24-28(35)34-27(23-10-7-15-38-23)25(29(36)37-3)19(2)31-30(34)39-24/h4-17,27H,1-3H3/b24-16-. The maximum Gasteiger partial charge on any atom is 0.338 e. The summed E-state index contributed by atoms with van der Waals surface area (Å²) >= 11 is 2.79. The average Bonchev–Trinajstić information content (AvgIpc) is 3.69. The van der Waals surface area contributed by atoms with Gasteiger partial charge in [-0.25, -0.2) is 14.5 Å². The molecule has 7 nitrogen and oxygen atoms in total. The molecule has 0 fully saturated rings. The fourth-order valence-electron chi connectivity index (χ4n) is 4.69. The molecule has 0 N–H and O–H groups in total. The van der Waals surface area contributed by atoms with E-state index in [4.69, 9.17) is 9.84 Å². The molecule has 0 saturated carbocycles. The highest BCUT2D eigenvalue weighted by Gasteiger charge is 2.33. The second kappa shape index (κ2) is 10.1. The molecule has 9 heteroatoms. The van der Waals surface area contributed by atoms with Crippen LogP contribution in [0.3, 0.4) is 0 Å². The Hall–Kier alpha value is -4.34. The summed E-state index contributed by atoms with van der Waals surface area (Å²) < 4.78 is 9.02. The van der Waals surface area contributed by atoms with Crippen molar-refractivity contribution < 1.29 is 9.53 Å². The predicted octanol–water partition coefficient (Wildman–Crippen LogP) is 4.63. The van der Waals surface area contributed by atoms with Crippen LogP contribution in [0.4, 0.5) is 0 Å². The number of benzene rings is 2. The number of carbonyl (C=O) groups is 1. The Labute approximate surface area is 232 Å². The monoisotopic (exact) mass is 552 g/mol. The number of nitrogens with zero attached hydrogens (tertiary/aromatic N) is 4. The van der Waals surface area contributed by atoms with Crippen molar-refractivity contribution in [2.24, 2.45) is 4.99 Å². The van der Waals surface area contributed by atoms with Gasteiger partial charge in [-0.1, -0.05) is 65.4 Å². The van der Waals surface area contributed by atoms with Crippen LogP contribution in [0.15, 0.2) is 99.4 Å². The van der Waals surface area contributed by atoms with E-state index in [1.165, 1.54) is 29.8 Å². The summed E-state index contributed by atoms with van der Waals surface area (Å²) in [6.45, 7) is 3.83. The van der Waals surface area contributed by atoms with Gasteiger partial charge in [0.05, 0.1) is 34.3 Å². The van der Waals surface area contributed by atoms with Crippen LogP contribution in [-0.2, 0) is 9.53 Å². The van der Waals surface area contributed by atoms with Crippen molar-refractivity contribution in [2.45, 2.75) is 19.9 Å². The summed E-state index contributed by atoms with van der Waals surface area (Å²) in [5, 5.41) is 6.82. The molecule has 3 aromatic heterocycles. The molecule has 194 valence electrons. The quantitative estimate of drug-likeness (QED) is 0.298. The molecule has 0 bridgehead atoms. The molecule has 39 heavy (non-hydrogen) atoms. The van der Waals surface area contributed by atoms with E-state index < -0.39 is 12.0 Å². The van der Waals surface area contributed by atoms with Crippen LogP contribution in [-0.4, -0.2) is 27.4 Å². The van der Waals surface area contributed by atoms with E-state index in [1.54, 1.807) is 11.5 Å². The van der Waals surface area contributed by atoms with Crippen molar-refractivity contribution in [2.75, 3.05) is 7.11 Å². The molecule has 1 unspecified atom stereocenters. The lowest BCUT2D eigenvalue weighted by Crippen LogP contribution is -2.39. The number of thiophene rings is 1. The number of methoxy groups -OCH3 is 1. The molecule has 2 aromatic carbocycles. The molecule has 6 rings (SSSR count). The van der Waals surface area contributed by atoms with Crippen molar-refractivity contribution in [3.05, 3.63) is 125 Å². The number of hydrogen-bond donors (Lipinski definition) is 0. The molecule has 1 atom stereocenters. The molecule has 0 radical (unpaired) electrons. The summed E-state index contributed by atoms with van der Waals surface area (Å²) in [4.78, 5) is 32.8. The first-order valence-corrected chi connectivity index (χ1v) is 14.0. The van der Waals surface area contributed by atoms with Crippen LogP contribution in [0.5, 0.6) is 0 Å². The maximum absolute atomic E-state index is 13.9. The van der Waals surface area contributed by atoms with Crippen molar-refractivity contribution >= 4 is 34.7 Å². The van der Waals surface area contributed by atoms with E-state index in [0.29, 0.717) is 20.6 Å². The summed E-state index contributed by atoms with van der Waals surface area (Å²) in [5.41, 5.74) is 5.31. The Morgan fingerprint density at radius 2 is 1.79 bits per heavy atom. The van der Waals surface area contributed by atoms with Gasteiger partial charge in [-0.2, -0.15) is 5.10 Å². The second-order valence-corrected chi connectivity index (χ2v) is 11.2. The lowest BCUT2D eigenvalue weighted by Gasteiger charge is -2.22. The van der Waals surface area contributed by atoms with Crippen LogP contribution in [0.25, 0.3) is 23.0 Å². The molecule has 0 spiro atoms. The maximum atomic E-state index is 13.9. The van der Waals surface area contributed by atoms with Crippen molar-refractivity contribution in [3.63, 3.8) is 0 Å². The Kier molecular flexibility index (Phi) is 6.46. The number of ether oxygens (including phenoxy) is 1. The number of carbonyl (C=O) groups excluding carboxylic acids is 1. The van der Waals surface area contributed by atoms with Crippen molar-refractivity contribution in [3.8, 4) is 16.9 Å². The van der Waals surface area contributed by atoms with E-state index in [0.717, 1.165) is 32.9 Å². The first kappa shape index (κ1) is 25.0. The van der Waals surface area contributed by atoms with Gasteiger partial charge in [0.1, 0.15) is 6.04 Å². The minimum Gasteiger partial charge on any atom is -0.466 e. The van der Waals surface area contributed by atoms with Crippen LogP contribution in [0, 0.1) is 6.92 Å². The number of fused-ring (bicyclic) bond motifs is 1. The van der Waals surface area contributed by atoms with E-state index in [1.807, 2.05) is 96.0 Å². The first-order chi connectivity index (χ1) is 18.9. The van der Waals surface area contributed by atoms with Crippen molar-refractivity contribution in [1.82, 2.24) is 14.3 Å². The Morgan fingerprint density at radius 1 is 1.03 bits per heavy atom. The highest BCUT2D eigenvalue weighted by Crippen LogP contribution is 2.33. The minimum absolute atomic E-state index is 0.214. The van der Waals surface area contributed by atoms with Crippen molar-refractivity contribution in [1.29, 1.82) is 0 Å². The van der Waals surface area contributed by atoms with Gasteiger partial charge < -0.3 is 4.74 Å². The summed E-state index contributed by atoms with van der Waals surface area (Å²) in [7, 11) is 1.34. The topological polar surface area (TPSA) is 78.5 Å². The zero-order chi connectivity index (χ0) is 27.1. The zero-order valence-corrected chi connectivity index (χ0v) is 23.1. The Morgan fingerprint density at radius 3 is 2.49 bits per heavy atom.